The maximum absolute atomic E-state index is 13.3. The Morgan fingerprint density at radius 1 is 1.33 bits per heavy atom. The van der Waals surface area contributed by atoms with E-state index in [4.69, 9.17) is 9.88 Å². The summed E-state index contributed by atoms with van der Waals surface area (Å²) in [6, 6.07) is 6.30. The zero-order valence-electron chi connectivity index (χ0n) is 10.5. The predicted octanol–water partition coefficient (Wildman–Crippen LogP) is 1.66. The molecule has 0 fully saturated rings. The van der Waals surface area contributed by atoms with Crippen molar-refractivity contribution in [1.82, 2.24) is 0 Å². The van der Waals surface area contributed by atoms with Crippen LogP contribution in [0.2, 0.25) is 0 Å². The van der Waals surface area contributed by atoms with Crippen molar-refractivity contribution >= 4 is 10.0 Å². The Bertz CT molecular complexity index is 500. The van der Waals surface area contributed by atoms with E-state index in [2.05, 4.69) is 0 Å². The molecule has 1 rings (SSSR count). The lowest BCUT2D eigenvalue weighted by molar-refractivity contribution is 0.0596. The highest BCUT2D eigenvalue weighted by atomic mass is 32.2. The maximum Gasteiger partial charge on any atom is 0.209 e. The predicted molar refractivity (Wildman–Crippen MR) is 67.8 cm³/mol. The SMILES string of the molecule is CC(C)(COCc1ccccc1F)CS(N)(=O)=O. The molecule has 0 aliphatic rings. The summed E-state index contributed by atoms with van der Waals surface area (Å²) >= 11 is 0. The molecule has 1 aromatic rings. The van der Waals surface area contributed by atoms with Gasteiger partial charge in [0.2, 0.25) is 10.0 Å². The van der Waals surface area contributed by atoms with Crippen molar-refractivity contribution in [3.63, 3.8) is 0 Å². The van der Waals surface area contributed by atoms with E-state index >= 15 is 0 Å². The highest BCUT2D eigenvalue weighted by molar-refractivity contribution is 7.89. The van der Waals surface area contributed by atoms with Crippen molar-refractivity contribution in [3.05, 3.63) is 35.6 Å². The topological polar surface area (TPSA) is 69.4 Å². The maximum atomic E-state index is 13.3. The first kappa shape index (κ1) is 15.1. The van der Waals surface area contributed by atoms with Crippen LogP contribution in [0.3, 0.4) is 0 Å². The minimum absolute atomic E-state index is 0.112. The van der Waals surface area contributed by atoms with Crippen molar-refractivity contribution < 1.29 is 17.5 Å². The lowest BCUT2D eigenvalue weighted by Crippen LogP contribution is -2.32. The van der Waals surface area contributed by atoms with Gasteiger partial charge in [-0.1, -0.05) is 32.0 Å². The largest absolute Gasteiger partial charge is 0.376 e. The Morgan fingerprint density at radius 2 is 1.94 bits per heavy atom. The van der Waals surface area contributed by atoms with E-state index in [0.717, 1.165) is 0 Å². The van der Waals surface area contributed by atoms with E-state index in [-0.39, 0.29) is 24.8 Å². The van der Waals surface area contributed by atoms with E-state index in [1.165, 1.54) is 6.07 Å². The van der Waals surface area contributed by atoms with Gasteiger partial charge in [-0.15, -0.1) is 0 Å². The van der Waals surface area contributed by atoms with Gasteiger partial charge in [-0.2, -0.15) is 0 Å². The Labute approximate surface area is 107 Å². The molecule has 1 aromatic carbocycles. The van der Waals surface area contributed by atoms with Gasteiger partial charge >= 0.3 is 0 Å². The van der Waals surface area contributed by atoms with Crippen molar-refractivity contribution in [2.45, 2.75) is 20.5 Å². The molecule has 2 N–H and O–H groups in total. The highest BCUT2D eigenvalue weighted by Crippen LogP contribution is 2.18. The van der Waals surface area contributed by atoms with Crippen molar-refractivity contribution in [3.8, 4) is 0 Å². The average Bonchev–Trinajstić information content (AvgIpc) is 2.17. The van der Waals surface area contributed by atoms with Gasteiger partial charge in [0.15, 0.2) is 0 Å². The molecule has 0 aliphatic heterocycles. The quantitative estimate of drug-likeness (QED) is 0.858. The molecule has 0 unspecified atom stereocenters. The van der Waals surface area contributed by atoms with Crippen LogP contribution in [0.4, 0.5) is 4.39 Å². The lowest BCUT2D eigenvalue weighted by atomic mass is 9.98. The Morgan fingerprint density at radius 3 is 2.50 bits per heavy atom. The van der Waals surface area contributed by atoms with Gasteiger partial charge in [-0.3, -0.25) is 0 Å². The molecule has 6 heteroatoms. The van der Waals surface area contributed by atoms with E-state index in [1.807, 2.05) is 0 Å². The van der Waals surface area contributed by atoms with Gasteiger partial charge in [0.1, 0.15) is 5.82 Å². The van der Waals surface area contributed by atoms with Crippen LogP contribution in [-0.4, -0.2) is 20.8 Å². The molecule has 0 heterocycles. The minimum Gasteiger partial charge on any atom is -0.376 e. The molecule has 102 valence electrons. The smallest absolute Gasteiger partial charge is 0.209 e. The summed E-state index contributed by atoms with van der Waals surface area (Å²) in [5, 5.41) is 4.99. The fourth-order valence-electron chi connectivity index (χ4n) is 1.64. The second kappa shape index (κ2) is 5.77. The molecule has 0 spiro atoms. The summed E-state index contributed by atoms with van der Waals surface area (Å²) in [5.74, 6) is -0.501. The first-order valence-electron chi connectivity index (χ1n) is 5.51. The van der Waals surface area contributed by atoms with Crippen molar-refractivity contribution in [2.75, 3.05) is 12.4 Å². The summed E-state index contributed by atoms with van der Waals surface area (Å²) in [5.41, 5.74) is -0.150. The molecule has 0 radical (unpaired) electrons. The summed E-state index contributed by atoms with van der Waals surface area (Å²) in [4.78, 5) is 0. The highest BCUT2D eigenvalue weighted by Gasteiger charge is 2.24. The van der Waals surface area contributed by atoms with Gasteiger partial charge in [0, 0.05) is 11.0 Å². The second-order valence-corrected chi connectivity index (χ2v) is 6.67. The fraction of sp³-hybridized carbons (Fsp3) is 0.500. The third-order valence-corrected chi connectivity index (χ3v) is 3.48. The van der Waals surface area contributed by atoms with Gasteiger partial charge in [-0.25, -0.2) is 17.9 Å². The number of nitrogens with two attached hydrogens (primary N) is 1. The summed E-state index contributed by atoms with van der Waals surface area (Å²) in [7, 11) is -3.54. The standard InChI is InChI=1S/C12H18FNO3S/c1-12(2,9-18(14,15)16)8-17-7-10-5-3-4-6-11(10)13/h3-6H,7-9H2,1-2H3,(H2,14,15,16). The first-order chi connectivity index (χ1) is 8.20. The number of hydrogen-bond acceptors (Lipinski definition) is 3. The lowest BCUT2D eigenvalue weighted by Gasteiger charge is -2.23. The van der Waals surface area contributed by atoms with Crippen LogP contribution in [0.15, 0.2) is 24.3 Å². The third-order valence-electron chi connectivity index (χ3n) is 2.30. The molecule has 0 bridgehead atoms. The Balaban J connectivity index is 2.49. The van der Waals surface area contributed by atoms with Gasteiger partial charge in [0.05, 0.1) is 19.0 Å². The second-order valence-electron chi connectivity index (χ2n) is 5.06. The summed E-state index contributed by atoms with van der Waals surface area (Å²) in [6.07, 6.45) is 0. The zero-order valence-corrected chi connectivity index (χ0v) is 11.3. The third kappa shape index (κ3) is 5.57. The Hall–Kier alpha value is -0.980. The van der Waals surface area contributed by atoms with Crippen LogP contribution in [0, 0.1) is 11.2 Å². The van der Waals surface area contributed by atoms with E-state index < -0.39 is 15.4 Å². The zero-order chi connectivity index (χ0) is 13.8. The number of ether oxygens (including phenoxy) is 1. The van der Waals surface area contributed by atoms with Gasteiger partial charge in [-0.05, 0) is 6.07 Å². The van der Waals surface area contributed by atoms with Crippen LogP contribution in [0.5, 0.6) is 0 Å². The van der Waals surface area contributed by atoms with Crippen LogP contribution in [-0.2, 0) is 21.4 Å². The van der Waals surface area contributed by atoms with Crippen molar-refractivity contribution in [2.24, 2.45) is 10.6 Å². The number of rotatable bonds is 6. The van der Waals surface area contributed by atoms with E-state index in [9.17, 15) is 12.8 Å². The molecule has 18 heavy (non-hydrogen) atoms. The number of primary sulfonamides is 1. The summed E-state index contributed by atoms with van der Waals surface area (Å²) in [6.45, 7) is 3.77. The number of benzene rings is 1. The number of sulfonamides is 1. The Kier molecular flexibility index (Phi) is 4.84. The minimum atomic E-state index is -3.54. The average molecular weight is 275 g/mol. The molecule has 0 saturated carbocycles. The summed E-state index contributed by atoms with van der Waals surface area (Å²) < 4.78 is 40.6. The number of halogens is 1. The molecular formula is C12H18FNO3S. The molecule has 0 aliphatic carbocycles. The monoisotopic (exact) mass is 275 g/mol. The molecule has 0 atom stereocenters. The molecule has 0 saturated heterocycles. The number of hydrogen-bond donors (Lipinski definition) is 1. The molecule has 0 amide bonds. The van der Waals surface area contributed by atoms with Gasteiger partial charge < -0.3 is 4.74 Å². The van der Waals surface area contributed by atoms with Crippen LogP contribution >= 0.6 is 0 Å². The van der Waals surface area contributed by atoms with Crippen molar-refractivity contribution in [1.29, 1.82) is 0 Å². The fourth-order valence-corrected chi connectivity index (χ4v) is 2.81. The molecule has 0 aromatic heterocycles. The van der Waals surface area contributed by atoms with E-state index in [0.29, 0.717) is 5.56 Å². The van der Waals surface area contributed by atoms with Crippen LogP contribution in [0.1, 0.15) is 19.4 Å². The molecule has 4 nitrogen and oxygen atoms in total. The van der Waals surface area contributed by atoms with Crippen LogP contribution < -0.4 is 5.14 Å². The van der Waals surface area contributed by atoms with Crippen LogP contribution in [0.25, 0.3) is 0 Å². The first-order valence-corrected chi connectivity index (χ1v) is 7.23. The molecular weight excluding hydrogens is 257 g/mol. The van der Waals surface area contributed by atoms with E-state index in [1.54, 1.807) is 32.0 Å². The normalized spacial score (nSPS) is 12.7. The van der Waals surface area contributed by atoms with Gasteiger partial charge in [0.25, 0.3) is 0 Å².